The van der Waals surface area contributed by atoms with Gasteiger partial charge in [-0.3, -0.25) is 4.79 Å². The Morgan fingerprint density at radius 3 is 2.12 bits per heavy atom. The van der Waals surface area contributed by atoms with Crippen LogP contribution in [-0.2, 0) is 6.18 Å². The second kappa shape index (κ2) is 6.26. The van der Waals surface area contributed by atoms with Crippen molar-refractivity contribution < 1.29 is 36.6 Å². The number of carboxylic acid groups (broad SMARTS) is 1. The van der Waals surface area contributed by atoms with Gasteiger partial charge < -0.3 is 15.2 Å². The molecular weight excluding hydrogens is 337 g/mol. The summed E-state index contributed by atoms with van der Waals surface area (Å²) >= 11 is 0. The molecule has 2 aromatic carbocycles. The molecule has 0 fully saturated rings. The molecule has 0 aliphatic heterocycles. The zero-order chi connectivity index (χ0) is 18.1. The number of aromatic carboxylic acids is 1. The van der Waals surface area contributed by atoms with Crippen LogP contribution in [0.25, 0.3) is 0 Å². The number of rotatable bonds is 3. The van der Waals surface area contributed by atoms with Crippen molar-refractivity contribution in [1.29, 1.82) is 0 Å². The number of halogens is 5. The summed E-state index contributed by atoms with van der Waals surface area (Å²) in [6.45, 7) is 0. The molecule has 126 valence electrons. The van der Waals surface area contributed by atoms with E-state index in [4.69, 9.17) is 0 Å². The van der Waals surface area contributed by atoms with E-state index in [-0.39, 0.29) is 0 Å². The summed E-state index contributed by atoms with van der Waals surface area (Å²) in [5.41, 5.74) is -3.34. The number of nitrogens with one attached hydrogen (secondary N) is 1. The van der Waals surface area contributed by atoms with Crippen molar-refractivity contribution in [2.24, 2.45) is 0 Å². The van der Waals surface area contributed by atoms with Gasteiger partial charge in [0.05, 0.1) is 22.8 Å². The number of hydrogen-bond acceptors (Lipinski definition) is 3. The molecule has 0 aliphatic carbocycles. The summed E-state index contributed by atoms with van der Waals surface area (Å²) in [6.07, 6.45) is -4.79. The van der Waals surface area contributed by atoms with E-state index in [1.54, 1.807) is 0 Å². The van der Waals surface area contributed by atoms with Crippen LogP contribution in [0.2, 0.25) is 0 Å². The monoisotopic (exact) mass is 344 g/mol. The fourth-order valence-corrected chi connectivity index (χ4v) is 1.87. The Balaban J connectivity index is 2.43. The Bertz CT molecular complexity index is 817. The molecule has 0 saturated heterocycles. The van der Waals surface area contributed by atoms with Crippen molar-refractivity contribution >= 4 is 17.6 Å². The average molecular weight is 344 g/mol. The van der Waals surface area contributed by atoms with Crippen LogP contribution >= 0.6 is 0 Å². The molecule has 0 atom stereocenters. The minimum atomic E-state index is -4.79. The maximum Gasteiger partial charge on any atom is 0.416 e. The molecule has 0 radical (unpaired) electrons. The smallest absolute Gasteiger partial charge is 0.416 e. The van der Waals surface area contributed by atoms with Crippen LogP contribution in [0.4, 0.5) is 27.6 Å². The fourth-order valence-electron chi connectivity index (χ4n) is 1.87. The molecule has 0 heterocycles. The summed E-state index contributed by atoms with van der Waals surface area (Å²) in [5, 5.41) is 12.8. The average Bonchev–Trinajstić information content (AvgIpc) is 2.45. The fraction of sp³-hybridized carbons (Fsp3) is 0.0667. The highest BCUT2D eigenvalue weighted by Gasteiger charge is 2.31. The molecule has 0 saturated carbocycles. The van der Waals surface area contributed by atoms with Gasteiger partial charge in [-0.2, -0.15) is 13.2 Å². The number of alkyl halides is 3. The molecule has 2 aromatic rings. The van der Waals surface area contributed by atoms with Crippen molar-refractivity contribution in [3.63, 3.8) is 0 Å². The summed E-state index contributed by atoms with van der Waals surface area (Å²) in [7, 11) is 0. The van der Waals surface area contributed by atoms with E-state index < -0.39 is 52.1 Å². The molecule has 4 nitrogen and oxygen atoms in total. The quantitative estimate of drug-likeness (QED) is 0.871. The standard InChI is InChI=1S/C15H8F5NO3/c16-8-2-4-9(11(17)6-8)13(22)21-12-5-7(15(18,19)20)1-3-10(12)14(23)24/h1-6H,(H,21,22)(H,23,24)/p-1. The largest absolute Gasteiger partial charge is 0.545 e. The third-order valence-corrected chi connectivity index (χ3v) is 2.99. The first-order chi connectivity index (χ1) is 11.1. The van der Waals surface area contributed by atoms with Gasteiger partial charge in [-0.1, -0.05) is 6.07 Å². The van der Waals surface area contributed by atoms with Crippen molar-refractivity contribution in [3.05, 3.63) is 64.7 Å². The first kappa shape index (κ1) is 17.4. The normalized spacial score (nSPS) is 11.2. The lowest BCUT2D eigenvalue weighted by molar-refractivity contribution is -0.254. The van der Waals surface area contributed by atoms with Crippen molar-refractivity contribution in [2.45, 2.75) is 6.18 Å². The van der Waals surface area contributed by atoms with Gasteiger partial charge in [0.1, 0.15) is 11.6 Å². The molecule has 0 unspecified atom stereocenters. The van der Waals surface area contributed by atoms with Crippen molar-refractivity contribution in [1.82, 2.24) is 0 Å². The van der Waals surface area contributed by atoms with E-state index >= 15 is 0 Å². The van der Waals surface area contributed by atoms with E-state index in [0.29, 0.717) is 24.3 Å². The lowest BCUT2D eigenvalue weighted by Gasteiger charge is -2.15. The molecule has 1 N–H and O–H groups in total. The molecule has 0 aliphatic rings. The topological polar surface area (TPSA) is 69.2 Å². The van der Waals surface area contributed by atoms with Crippen molar-refractivity contribution in [3.8, 4) is 0 Å². The SMILES string of the molecule is O=C(Nc1cc(C(F)(F)F)ccc1C(=O)[O-])c1ccc(F)cc1F. The Morgan fingerprint density at radius 2 is 1.58 bits per heavy atom. The highest BCUT2D eigenvalue weighted by atomic mass is 19.4. The molecular formula is C15H7F5NO3-. The van der Waals surface area contributed by atoms with Gasteiger partial charge in [-0.05, 0) is 24.3 Å². The molecule has 0 spiro atoms. The number of benzene rings is 2. The second-order valence-corrected chi connectivity index (χ2v) is 4.62. The van der Waals surface area contributed by atoms with E-state index in [2.05, 4.69) is 0 Å². The van der Waals surface area contributed by atoms with E-state index in [1.165, 1.54) is 0 Å². The van der Waals surface area contributed by atoms with Crippen molar-refractivity contribution in [2.75, 3.05) is 5.32 Å². The minimum Gasteiger partial charge on any atom is -0.545 e. The highest BCUT2D eigenvalue weighted by Crippen LogP contribution is 2.32. The Labute approximate surface area is 131 Å². The van der Waals surface area contributed by atoms with Gasteiger partial charge in [0.15, 0.2) is 0 Å². The summed E-state index contributed by atoms with van der Waals surface area (Å²) < 4.78 is 64.4. The molecule has 9 heteroatoms. The summed E-state index contributed by atoms with van der Waals surface area (Å²) in [5.74, 6) is -5.29. The summed E-state index contributed by atoms with van der Waals surface area (Å²) in [6, 6.07) is 3.43. The molecule has 0 aromatic heterocycles. The lowest BCUT2D eigenvalue weighted by Crippen LogP contribution is -2.25. The van der Waals surface area contributed by atoms with E-state index in [9.17, 15) is 36.6 Å². The molecule has 2 rings (SSSR count). The number of carbonyl (C=O) groups excluding carboxylic acids is 2. The minimum absolute atomic E-state index is 0.379. The lowest BCUT2D eigenvalue weighted by atomic mass is 10.1. The third kappa shape index (κ3) is 3.67. The van der Waals surface area contributed by atoms with E-state index in [0.717, 1.165) is 12.1 Å². The molecule has 0 bridgehead atoms. The van der Waals surface area contributed by atoms with Crippen LogP contribution in [-0.4, -0.2) is 11.9 Å². The zero-order valence-corrected chi connectivity index (χ0v) is 11.6. The number of carboxylic acids is 1. The van der Waals surface area contributed by atoms with Gasteiger partial charge in [-0.25, -0.2) is 8.78 Å². The van der Waals surface area contributed by atoms with Gasteiger partial charge >= 0.3 is 6.18 Å². The van der Waals surface area contributed by atoms with Gasteiger partial charge in [0.25, 0.3) is 5.91 Å². The maximum atomic E-state index is 13.5. The van der Waals surface area contributed by atoms with Crippen LogP contribution < -0.4 is 10.4 Å². The van der Waals surface area contributed by atoms with E-state index in [1.807, 2.05) is 5.32 Å². The van der Waals surface area contributed by atoms with Gasteiger partial charge in [0.2, 0.25) is 0 Å². The Morgan fingerprint density at radius 1 is 0.958 bits per heavy atom. The summed E-state index contributed by atoms with van der Waals surface area (Å²) in [4.78, 5) is 22.9. The predicted molar refractivity (Wildman–Crippen MR) is 70.1 cm³/mol. The third-order valence-electron chi connectivity index (χ3n) is 2.99. The zero-order valence-electron chi connectivity index (χ0n) is 11.6. The van der Waals surface area contributed by atoms with Gasteiger partial charge in [0, 0.05) is 11.6 Å². The number of hydrogen-bond donors (Lipinski definition) is 1. The maximum absolute atomic E-state index is 13.5. The van der Waals surface area contributed by atoms with Crippen LogP contribution in [0.5, 0.6) is 0 Å². The van der Waals surface area contributed by atoms with Gasteiger partial charge in [-0.15, -0.1) is 0 Å². The predicted octanol–water partition coefficient (Wildman–Crippen LogP) is 2.60. The Kier molecular flexibility index (Phi) is 4.54. The first-order valence-electron chi connectivity index (χ1n) is 6.28. The number of amides is 1. The highest BCUT2D eigenvalue weighted by molar-refractivity contribution is 6.07. The number of anilines is 1. The van der Waals surface area contributed by atoms with Crippen LogP contribution in [0.3, 0.4) is 0 Å². The van der Waals surface area contributed by atoms with Crippen LogP contribution in [0, 0.1) is 11.6 Å². The number of carbonyl (C=O) groups is 2. The first-order valence-corrected chi connectivity index (χ1v) is 6.28. The Hall–Kier alpha value is -2.97. The molecule has 1 amide bonds. The van der Waals surface area contributed by atoms with Crippen LogP contribution in [0.15, 0.2) is 36.4 Å². The second-order valence-electron chi connectivity index (χ2n) is 4.62. The van der Waals surface area contributed by atoms with Crippen LogP contribution in [0.1, 0.15) is 26.3 Å². The molecule has 24 heavy (non-hydrogen) atoms.